The maximum Gasteiger partial charge on any atom is 0.289 e. The van der Waals surface area contributed by atoms with E-state index in [1.54, 1.807) is 26.4 Å². The first-order valence-electron chi connectivity index (χ1n) is 8.02. The number of nitrogens with one attached hydrogen (secondary N) is 1. The lowest BCUT2D eigenvalue weighted by atomic mass is 10.0. The van der Waals surface area contributed by atoms with Crippen LogP contribution in [0.3, 0.4) is 0 Å². The van der Waals surface area contributed by atoms with Crippen molar-refractivity contribution in [3.8, 4) is 11.5 Å². The Labute approximate surface area is 141 Å². The average molecular weight is 330 g/mol. The standard InChI is InChI=1S/C18H22N2O4/c1-22-14-5-6-15(17(12-14)23-2)19-13-7-9-20(10-8-13)18(21)16-4-3-11-24-16/h3-6,11-13,19H,7-10H2,1-2H3. The maximum atomic E-state index is 12.3. The van der Waals surface area contributed by atoms with Crippen LogP contribution >= 0.6 is 0 Å². The third-order valence-corrected chi connectivity index (χ3v) is 4.28. The second kappa shape index (κ2) is 7.29. The van der Waals surface area contributed by atoms with Crippen LogP contribution in [0.15, 0.2) is 41.0 Å². The van der Waals surface area contributed by atoms with E-state index in [0.717, 1.165) is 30.0 Å². The van der Waals surface area contributed by atoms with Gasteiger partial charge in [-0.1, -0.05) is 0 Å². The number of rotatable bonds is 5. The first kappa shape index (κ1) is 16.2. The smallest absolute Gasteiger partial charge is 0.289 e. The average Bonchev–Trinajstić information content (AvgIpc) is 3.16. The predicted octanol–water partition coefficient (Wildman–Crippen LogP) is 3.01. The highest BCUT2D eigenvalue weighted by Gasteiger charge is 2.25. The van der Waals surface area contributed by atoms with Gasteiger partial charge in [-0.25, -0.2) is 0 Å². The molecule has 0 bridgehead atoms. The van der Waals surface area contributed by atoms with Crippen molar-refractivity contribution in [2.45, 2.75) is 18.9 Å². The van der Waals surface area contributed by atoms with E-state index in [4.69, 9.17) is 13.9 Å². The second-order valence-corrected chi connectivity index (χ2v) is 5.75. The van der Waals surface area contributed by atoms with E-state index in [-0.39, 0.29) is 5.91 Å². The SMILES string of the molecule is COc1ccc(NC2CCN(C(=O)c3ccco3)CC2)c(OC)c1. The Balaban J connectivity index is 1.58. The molecule has 0 atom stereocenters. The molecule has 1 aromatic carbocycles. The van der Waals surface area contributed by atoms with E-state index in [1.165, 1.54) is 6.26 Å². The van der Waals surface area contributed by atoms with Gasteiger partial charge in [0.1, 0.15) is 11.5 Å². The molecule has 0 unspecified atom stereocenters. The van der Waals surface area contributed by atoms with Crippen molar-refractivity contribution >= 4 is 11.6 Å². The number of anilines is 1. The summed E-state index contributed by atoms with van der Waals surface area (Å²) in [7, 11) is 3.28. The van der Waals surface area contributed by atoms with Gasteiger partial charge in [0.15, 0.2) is 5.76 Å². The molecule has 3 rings (SSSR count). The second-order valence-electron chi connectivity index (χ2n) is 5.75. The van der Waals surface area contributed by atoms with E-state index in [2.05, 4.69) is 5.32 Å². The number of carbonyl (C=O) groups is 1. The fraction of sp³-hybridized carbons (Fsp3) is 0.389. The van der Waals surface area contributed by atoms with Crippen LogP contribution in [0, 0.1) is 0 Å². The zero-order chi connectivity index (χ0) is 16.9. The highest BCUT2D eigenvalue weighted by Crippen LogP contribution is 2.30. The number of furan rings is 1. The number of benzene rings is 1. The van der Waals surface area contributed by atoms with Crippen LogP contribution in [0.25, 0.3) is 0 Å². The zero-order valence-corrected chi connectivity index (χ0v) is 14.0. The number of hydrogen-bond acceptors (Lipinski definition) is 5. The quantitative estimate of drug-likeness (QED) is 0.913. The molecule has 1 saturated heterocycles. The van der Waals surface area contributed by atoms with Crippen LogP contribution in [-0.4, -0.2) is 44.2 Å². The molecule has 0 saturated carbocycles. The Kier molecular flexibility index (Phi) is 4.93. The number of hydrogen-bond donors (Lipinski definition) is 1. The monoisotopic (exact) mass is 330 g/mol. The van der Waals surface area contributed by atoms with Gasteiger partial charge in [0, 0.05) is 25.2 Å². The van der Waals surface area contributed by atoms with E-state index in [9.17, 15) is 4.79 Å². The third-order valence-electron chi connectivity index (χ3n) is 4.28. The summed E-state index contributed by atoms with van der Waals surface area (Å²) >= 11 is 0. The molecule has 6 nitrogen and oxygen atoms in total. The van der Waals surface area contributed by atoms with Crippen molar-refractivity contribution in [1.82, 2.24) is 4.90 Å². The van der Waals surface area contributed by atoms with Crippen LogP contribution < -0.4 is 14.8 Å². The number of nitrogens with zero attached hydrogens (tertiary/aromatic N) is 1. The molecule has 1 aliphatic rings. The van der Waals surface area contributed by atoms with Crippen molar-refractivity contribution in [2.75, 3.05) is 32.6 Å². The summed E-state index contributed by atoms with van der Waals surface area (Å²) in [4.78, 5) is 14.1. The van der Waals surface area contributed by atoms with Gasteiger partial charge in [-0.05, 0) is 37.1 Å². The van der Waals surface area contributed by atoms with Gasteiger partial charge in [0.25, 0.3) is 5.91 Å². The molecule has 128 valence electrons. The first-order valence-corrected chi connectivity index (χ1v) is 8.02. The number of piperidine rings is 1. The summed E-state index contributed by atoms with van der Waals surface area (Å²) in [5.41, 5.74) is 0.939. The summed E-state index contributed by atoms with van der Waals surface area (Å²) in [5, 5.41) is 3.50. The lowest BCUT2D eigenvalue weighted by molar-refractivity contribution is 0.0686. The Morgan fingerprint density at radius 2 is 2.00 bits per heavy atom. The Morgan fingerprint density at radius 1 is 1.21 bits per heavy atom. The van der Waals surface area contributed by atoms with E-state index >= 15 is 0 Å². The summed E-state index contributed by atoms with van der Waals surface area (Å²) < 4.78 is 15.8. The molecule has 2 aromatic rings. The molecule has 0 spiro atoms. The topological polar surface area (TPSA) is 63.9 Å². The van der Waals surface area contributed by atoms with Crippen LogP contribution in [0.2, 0.25) is 0 Å². The lowest BCUT2D eigenvalue weighted by Crippen LogP contribution is -2.42. The van der Waals surface area contributed by atoms with Crippen molar-refractivity contribution in [2.24, 2.45) is 0 Å². The van der Waals surface area contributed by atoms with Crippen molar-refractivity contribution in [1.29, 1.82) is 0 Å². The van der Waals surface area contributed by atoms with Gasteiger partial charge < -0.3 is 24.1 Å². The molecule has 24 heavy (non-hydrogen) atoms. The summed E-state index contributed by atoms with van der Waals surface area (Å²) in [6.07, 6.45) is 3.28. The largest absolute Gasteiger partial charge is 0.497 e. The van der Waals surface area contributed by atoms with Gasteiger partial charge in [-0.15, -0.1) is 0 Å². The maximum absolute atomic E-state index is 12.3. The van der Waals surface area contributed by atoms with Gasteiger partial charge in [-0.3, -0.25) is 4.79 Å². The van der Waals surface area contributed by atoms with E-state index < -0.39 is 0 Å². The highest BCUT2D eigenvalue weighted by molar-refractivity contribution is 5.91. The fourth-order valence-electron chi connectivity index (χ4n) is 2.92. The van der Waals surface area contributed by atoms with E-state index in [1.807, 2.05) is 23.1 Å². The normalized spacial score (nSPS) is 15.2. The van der Waals surface area contributed by atoms with Crippen LogP contribution in [0.4, 0.5) is 5.69 Å². The molecule has 2 heterocycles. The Morgan fingerprint density at radius 3 is 2.62 bits per heavy atom. The van der Waals surface area contributed by atoms with Crippen LogP contribution in [0.5, 0.6) is 11.5 Å². The molecule has 1 aliphatic heterocycles. The number of carbonyl (C=O) groups excluding carboxylic acids is 1. The van der Waals surface area contributed by atoms with Gasteiger partial charge in [-0.2, -0.15) is 0 Å². The number of ether oxygens (including phenoxy) is 2. The fourth-order valence-corrected chi connectivity index (χ4v) is 2.92. The molecular formula is C18H22N2O4. The van der Waals surface area contributed by atoms with Crippen LogP contribution in [0.1, 0.15) is 23.4 Å². The highest BCUT2D eigenvalue weighted by atomic mass is 16.5. The van der Waals surface area contributed by atoms with Crippen LogP contribution in [-0.2, 0) is 0 Å². The predicted molar refractivity (Wildman–Crippen MR) is 90.8 cm³/mol. The van der Waals surface area contributed by atoms with Gasteiger partial charge in [0.2, 0.25) is 0 Å². The Bertz CT molecular complexity index is 676. The molecule has 0 radical (unpaired) electrons. The molecular weight excluding hydrogens is 308 g/mol. The molecule has 1 N–H and O–H groups in total. The van der Waals surface area contributed by atoms with Crippen molar-refractivity contribution in [3.05, 3.63) is 42.4 Å². The minimum atomic E-state index is -0.0412. The van der Waals surface area contributed by atoms with Gasteiger partial charge in [0.05, 0.1) is 26.2 Å². The molecule has 6 heteroatoms. The zero-order valence-electron chi connectivity index (χ0n) is 14.0. The first-order chi connectivity index (χ1) is 11.7. The Hall–Kier alpha value is -2.63. The number of methoxy groups -OCH3 is 2. The third kappa shape index (κ3) is 3.48. The van der Waals surface area contributed by atoms with Gasteiger partial charge >= 0.3 is 0 Å². The minimum absolute atomic E-state index is 0.0412. The van der Waals surface area contributed by atoms with E-state index in [0.29, 0.717) is 24.9 Å². The number of likely N-dealkylation sites (tertiary alicyclic amines) is 1. The molecule has 1 fully saturated rings. The molecule has 1 aromatic heterocycles. The minimum Gasteiger partial charge on any atom is -0.497 e. The number of amides is 1. The molecule has 1 amide bonds. The summed E-state index contributed by atoms with van der Waals surface area (Å²) in [6, 6.07) is 9.45. The summed E-state index contributed by atoms with van der Waals surface area (Å²) in [5.74, 6) is 1.87. The summed E-state index contributed by atoms with van der Waals surface area (Å²) in [6.45, 7) is 1.41. The van der Waals surface area contributed by atoms with Crippen molar-refractivity contribution < 1.29 is 18.7 Å². The molecule has 0 aliphatic carbocycles. The van der Waals surface area contributed by atoms with Crippen molar-refractivity contribution in [3.63, 3.8) is 0 Å². The lowest BCUT2D eigenvalue weighted by Gasteiger charge is -2.32.